The standard InChI is InChI=1S/C11H16N4O3/c1-4-6-15-9(12)8(13-7(3)16)10(17)14(5-2)11(15)18/h12H,4-6H2,1-3H3/p+1. The summed E-state index contributed by atoms with van der Waals surface area (Å²) in [6, 6.07) is -0.468. The molecule has 0 spiro atoms. The molecule has 0 aromatic heterocycles. The van der Waals surface area contributed by atoms with Crippen LogP contribution < -0.4 is 5.73 Å². The number of nitrogens with zero attached hydrogens (tertiary/aromatic N) is 3. The summed E-state index contributed by atoms with van der Waals surface area (Å²) in [7, 11) is 0. The molecular weight excluding hydrogens is 236 g/mol. The zero-order chi connectivity index (χ0) is 13.9. The number of rotatable bonds is 3. The number of urea groups is 1. The minimum atomic E-state index is -0.623. The maximum absolute atomic E-state index is 12.0. The van der Waals surface area contributed by atoms with E-state index in [-0.39, 0.29) is 18.1 Å². The van der Waals surface area contributed by atoms with Gasteiger partial charge in [0.05, 0.1) is 13.1 Å². The first-order valence-electron chi connectivity index (χ1n) is 5.79. The van der Waals surface area contributed by atoms with Crippen LogP contribution in [-0.2, 0) is 9.59 Å². The fourth-order valence-corrected chi connectivity index (χ4v) is 1.68. The highest BCUT2D eigenvalue weighted by Gasteiger charge is 2.42. The molecule has 7 nitrogen and oxygen atoms in total. The molecule has 4 amide bonds. The molecular formula is C11H17N4O3+. The van der Waals surface area contributed by atoms with E-state index in [0.717, 1.165) is 4.90 Å². The highest BCUT2D eigenvalue weighted by Crippen LogP contribution is 2.05. The molecule has 0 aliphatic carbocycles. The maximum Gasteiger partial charge on any atom is 0.446 e. The Balaban J connectivity index is 3.37. The second kappa shape index (κ2) is 5.52. The Morgan fingerprint density at radius 1 is 1.39 bits per heavy atom. The van der Waals surface area contributed by atoms with E-state index in [1.807, 2.05) is 6.92 Å². The first kappa shape index (κ1) is 14.0. The third-order valence-electron chi connectivity index (χ3n) is 2.48. The summed E-state index contributed by atoms with van der Waals surface area (Å²) in [6.45, 7) is 5.37. The normalized spacial score (nSPS) is 18.8. The lowest BCUT2D eigenvalue weighted by atomic mass is 10.2. The van der Waals surface area contributed by atoms with E-state index < -0.39 is 17.8 Å². The fourth-order valence-electron chi connectivity index (χ4n) is 1.68. The zero-order valence-electron chi connectivity index (χ0n) is 10.8. The molecule has 0 bridgehead atoms. The molecule has 0 saturated carbocycles. The summed E-state index contributed by atoms with van der Waals surface area (Å²) in [5.41, 5.74) is 5.59. The number of carbonyl (C=O) groups excluding carboxylic acids is 3. The van der Waals surface area contributed by atoms with Crippen LogP contribution in [0.2, 0.25) is 0 Å². The van der Waals surface area contributed by atoms with Gasteiger partial charge in [0.2, 0.25) is 11.6 Å². The minimum Gasteiger partial charge on any atom is -0.316 e. The van der Waals surface area contributed by atoms with Gasteiger partial charge in [0.1, 0.15) is 0 Å². The molecule has 0 atom stereocenters. The Labute approximate surface area is 105 Å². The van der Waals surface area contributed by atoms with Crippen molar-refractivity contribution in [2.75, 3.05) is 13.1 Å². The minimum absolute atomic E-state index is 0.0493. The number of amidine groups is 1. The summed E-state index contributed by atoms with van der Waals surface area (Å²) in [6.07, 6.45) is 0.686. The van der Waals surface area contributed by atoms with Crippen molar-refractivity contribution in [1.29, 1.82) is 0 Å². The highest BCUT2D eigenvalue weighted by atomic mass is 16.2. The quantitative estimate of drug-likeness (QED) is 0.700. The third-order valence-corrected chi connectivity index (χ3v) is 2.48. The molecule has 18 heavy (non-hydrogen) atoms. The lowest BCUT2D eigenvalue weighted by Gasteiger charge is -2.22. The summed E-state index contributed by atoms with van der Waals surface area (Å²) in [4.78, 5) is 39.6. The van der Waals surface area contributed by atoms with Crippen molar-refractivity contribution in [2.24, 2.45) is 10.7 Å². The van der Waals surface area contributed by atoms with Gasteiger partial charge < -0.3 is 5.73 Å². The number of hydrogen-bond donors (Lipinski definition) is 1. The van der Waals surface area contributed by atoms with E-state index in [2.05, 4.69) is 4.99 Å². The first-order valence-corrected chi connectivity index (χ1v) is 5.79. The molecule has 7 heteroatoms. The van der Waals surface area contributed by atoms with Crippen LogP contribution in [0.15, 0.2) is 4.99 Å². The van der Waals surface area contributed by atoms with Crippen LogP contribution in [0.5, 0.6) is 0 Å². The maximum atomic E-state index is 12.0. The van der Waals surface area contributed by atoms with Gasteiger partial charge >= 0.3 is 11.9 Å². The van der Waals surface area contributed by atoms with Gasteiger partial charge in [0.25, 0.3) is 5.84 Å². The molecule has 98 valence electrons. The van der Waals surface area contributed by atoms with E-state index in [0.29, 0.717) is 13.0 Å². The Hall–Kier alpha value is -2.05. The predicted octanol–water partition coefficient (Wildman–Crippen LogP) is -0.264. The Morgan fingerprint density at radius 3 is 2.44 bits per heavy atom. The SMILES string of the molecule is CCC[N+]1=C(N)C(=NC(C)=O)C(=O)N(CC)C1=O. The van der Waals surface area contributed by atoms with Gasteiger partial charge in [0, 0.05) is 6.92 Å². The van der Waals surface area contributed by atoms with Gasteiger partial charge in [-0.1, -0.05) is 6.92 Å². The Morgan fingerprint density at radius 2 is 2.00 bits per heavy atom. The largest absolute Gasteiger partial charge is 0.446 e. The smallest absolute Gasteiger partial charge is 0.316 e. The molecule has 0 radical (unpaired) electrons. The highest BCUT2D eigenvalue weighted by molar-refractivity contribution is 6.67. The average molecular weight is 253 g/mol. The molecule has 0 saturated heterocycles. The van der Waals surface area contributed by atoms with Crippen LogP contribution in [-0.4, -0.2) is 52.0 Å². The van der Waals surface area contributed by atoms with Crippen molar-refractivity contribution in [2.45, 2.75) is 27.2 Å². The van der Waals surface area contributed by atoms with E-state index in [1.165, 1.54) is 11.5 Å². The molecule has 1 aliphatic rings. The third kappa shape index (κ3) is 2.44. The molecule has 1 aliphatic heterocycles. The topological polar surface area (TPSA) is 95.8 Å². The van der Waals surface area contributed by atoms with Crippen molar-refractivity contribution >= 4 is 29.4 Å². The molecule has 0 fully saturated rings. The monoisotopic (exact) mass is 253 g/mol. The van der Waals surface area contributed by atoms with Gasteiger partial charge in [-0.3, -0.25) is 4.79 Å². The number of nitrogens with two attached hydrogens (primary N) is 1. The van der Waals surface area contributed by atoms with Gasteiger partial charge in [-0.2, -0.15) is 14.5 Å². The van der Waals surface area contributed by atoms with Crippen molar-refractivity contribution in [3.05, 3.63) is 0 Å². The van der Waals surface area contributed by atoms with E-state index in [1.54, 1.807) is 6.92 Å². The van der Waals surface area contributed by atoms with E-state index in [4.69, 9.17) is 5.73 Å². The van der Waals surface area contributed by atoms with E-state index >= 15 is 0 Å². The molecule has 0 aromatic carbocycles. The van der Waals surface area contributed by atoms with Gasteiger partial charge in [-0.05, 0) is 13.3 Å². The fraction of sp³-hybridized carbons (Fsp3) is 0.545. The lowest BCUT2D eigenvalue weighted by Crippen LogP contribution is -2.58. The van der Waals surface area contributed by atoms with Gasteiger partial charge in [-0.15, -0.1) is 0 Å². The number of imide groups is 1. The van der Waals surface area contributed by atoms with Gasteiger partial charge in [0.15, 0.2) is 0 Å². The van der Waals surface area contributed by atoms with Crippen LogP contribution in [0.4, 0.5) is 4.79 Å². The first-order chi connectivity index (χ1) is 8.43. The number of aliphatic imine (C=N–C) groups is 1. The van der Waals surface area contributed by atoms with Crippen molar-refractivity contribution in [3.63, 3.8) is 0 Å². The summed E-state index contributed by atoms with van der Waals surface area (Å²) in [5, 5.41) is 0. The Bertz CT molecular complexity index is 465. The molecule has 2 N–H and O–H groups in total. The number of carbonyl (C=O) groups is 3. The van der Waals surface area contributed by atoms with Crippen molar-refractivity contribution in [1.82, 2.24) is 4.90 Å². The van der Waals surface area contributed by atoms with Crippen LogP contribution in [0.1, 0.15) is 27.2 Å². The summed E-state index contributed by atoms with van der Waals surface area (Å²) < 4.78 is 1.27. The molecule has 0 unspecified atom stereocenters. The van der Waals surface area contributed by atoms with Crippen molar-refractivity contribution < 1.29 is 19.0 Å². The van der Waals surface area contributed by atoms with Crippen LogP contribution >= 0.6 is 0 Å². The number of amides is 4. The van der Waals surface area contributed by atoms with E-state index in [9.17, 15) is 14.4 Å². The lowest BCUT2D eigenvalue weighted by molar-refractivity contribution is -0.436. The average Bonchev–Trinajstić information content (AvgIpc) is 2.31. The van der Waals surface area contributed by atoms with Crippen LogP contribution in [0.3, 0.4) is 0 Å². The molecule has 1 heterocycles. The van der Waals surface area contributed by atoms with Crippen LogP contribution in [0.25, 0.3) is 0 Å². The van der Waals surface area contributed by atoms with Gasteiger partial charge in [-0.25, -0.2) is 9.59 Å². The predicted molar refractivity (Wildman–Crippen MR) is 65.5 cm³/mol. The second-order valence-electron chi connectivity index (χ2n) is 3.85. The van der Waals surface area contributed by atoms with Crippen LogP contribution in [0, 0.1) is 0 Å². The molecule has 1 rings (SSSR count). The second-order valence-corrected chi connectivity index (χ2v) is 3.85. The number of hydrogen-bond acceptors (Lipinski definition) is 4. The Kier molecular flexibility index (Phi) is 4.30. The molecule has 0 aromatic rings. The zero-order valence-corrected chi connectivity index (χ0v) is 10.8. The summed E-state index contributed by atoms with van der Waals surface area (Å²) in [5.74, 6) is -1.20. The summed E-state index contributed by atoms with van der Waals surface area (Å²) >= 11 is 0. The van der Waals surface area contributed by atoms with Crippen molar-refractivity contribution in [3.8, 4) is 0 Å².